The normalized spacial score (nSPS) is 12.4. The molecule has 0 saturated carbocycles. The van der Waals surface area contributed by atoms with E-state index in [-0.39, 0.29) is 5.82 Å². The number of rotatable bonds is 5. The number of benzene rings is 2. The molecule has 2 aromatic rings. The van der Waals surface area contributed by atoms with Gasteiger partial charge in [-0.15, -0.1) is 0 Å². The summed E-state index contributed by atoms with van der Waals surface area (Å²) in [5.41, 5.74) is 3.31. The van der Waals surface area contributed by atoms with Gasteiger partial charge in [-0.25, -0.2) is 4.39 Å². The Kier molecular flexibility index (Phi) is 5.32. The summed E-state index contributed by atoms with van der Waals surface area (Å²) in [4.78, 5) is 0. The number of aryl methyl sites for hydroxylation is 2. The van der Waals surface area contributed by atoms with E-state index < -0.39 is 6.10 Å². The summed E-state index contributed by atoms with van der Waals surface area (Å²) >= 11 is 3.27. The molecule has 1 unspecified atom stereocenters. The first-order valence-corrected chi connectivity index (χ1v) is 7.51. The minimum atomic E-state index is -0.455. The van der Waals surface area contributed by atoms with Crippen LogP contribution in [0.2, 0.25) is 0 Å². The molecule has 2 rings (SSSR count). The monoisotopic (exact) mass is 336 g/mol. The molecular weight excluding hydrogens is 319 g/mol. The Bertz CT molecular complexity index is 563. The highest BCUT2D eigenvalue weighted by Gasteiger charge is 2.08. The minimum absolute atomic E-state index is 0.277. The van der Waals surface area contributed by atoms with Gasteiger partial charge in [-0.05, 0) is 61.1 Å². The number of hydrogen-bond acceptors (Lipinski definition) is 1. The van der Waals surface area contributed by atoms with Crippen molar-refractivity contribution in [3.8, 4) is 0 Å². The summed E-state index contributed by atoms with van der Waals surface area (Å²) in [6.45, 7) is 2.07. The van der Waals surface area contributed by atoms with Crippen molar-refractivity contribution >= 4 is 15.9 Å². The Morgan fingerprint density at radius 3 is 2.65 bits per heavy atom. The van der Waals surface area contributed by atoms with Crippen LogP contribution >= 0.6 is 15.9 Å². The van der Waals surface area contributed by atoms with Crippen LogP contribution in [0.4, 0.5) is 4.39 Å². The predicted molar refractivity (Wildman–Crippen MR) is 83.3 cm³/mol. The molecule has 20 heavy (non-hydrogen) atoms. The molecule has 1 N–H and O–H groups in total. The highest BCUT2D eigenvalue weighted by atomic mass is 79.9. The van der Waals surface area contributed by atoms with E-state index in [0.717, 1.165) is 12.0 Å². The van der Waals surface area contributed by atoms with Crippen molar-refractivity contribution < 1.29 is 9.50 Å². The fourth-order valence-electron chi connectivity index (χ4n) is 2.32. The van der Waals surface area contributed by atoms with Gasteiger partial charge < -0.3 is 5.11 Å². The first-order valence-electron chi connectivity index (χ1n) is 6.72. The number of hydrogen-bond donors (Lipinski definition) is 1. The molecule has 1 atom stereocenters. The smallest absolute Gasteiger partial charge is 0.124 e. The van der Waals surface area contributed by atoms with Crippen molar-refractivity contribution in [3.63, 3.8) is 0 Å². The van der Waals surface area contributed by atoms with Crippen LogP contribution in [-0.4, -0.2) is 11.2 Å². The fraction of sp³-hybridized carbons (Fsp3) is 0.294. The molecule has 0 heterocycles. The van der Waals surface area contributed by atoms with E-state index in [4.69, 9.17) is 0 Å². The number of aliphatic hydroxyl groups excluding tert-OH is 1. The zero-order valence-corrected chi connectivity index (χ0v) is 13.0. The Morgan fingerprint density at radius 2 is 1.95 bits per heavy atom. The lowest BCUT2D eigenvalue weighted by Crippen LogP contribution is -2.12. The van der Waals surface area contributed by atoms with Crippen molar-refractivity contribution in [1.29, 1.82) is 0 Å². The average molecular weight is 337 g/mol. The molecule has 0 aliphatic heterocycles. The van der Waals surface area contributed by atoms with Crippen LogP contribution in [0.3, 0.4) is 0 Å². The molecule has 2 aromatic carbocycles. The predicted octanol–water partition coefficient (Wildman–Crippen LogP) is 4.43. The van der Waals surface area contributed by atoms with Gasteiger partial charge in [0.1, 0.15) is 5.82 Å². The first-order chi connectivity index (χ1) is 9.54. The minimum Gasteiger partial charge on any atom is -0.393 e. The van der Waals surface area contributed by atoms with Gasteiger partial charge >= 0.3 is 0 Å². The molecular formula is C17H18BrFO. The molecule has 0 aliphatic carbocycles. The van der Waals surface area contributed by atoms with Gasteiger partial charge in [-0.3, -0.25) is 0 Å². The third-order valence-electron chi connectivity index (χ3n) is 3.40. The number of halogens is 2. The molecule has 0 fully saturated rings. The quantitative estimate of drug-likeness (QED) is 0.856. The highest BCUT2D eigenvalue weighted by molar-refractivity contribution is 9.10. The molecule has 0 amide bonds. The molecule has 0 aliphatic rings. The van der Waals surface area contributed by atoms with Crippen LogP contribution in [0.5, 0.6) is 0 Å². The summed E-state index contributed by atoms with van der Waals surface area (Å²) < 4.78 is 14.0. The van der Waals surface area contributed by atoms with Gasteiger partial charge in [0, 0.05) is 4.47 Å². The van der Waals surface area contributed by atoms with Gasteiger partial charge in [-0.1, -0.05) is 40.2 Å². The van der Waals surface area contributed by atoms with E-state index in [2.05, 4.69) is 35.0 Å². The zero-order chi connectivity index (χ0) is 14.5. The van der Waals surface area contributed by atoms with Gasteiger partial charge in [0.25, 0.3) is 0 Å². The van der Waals surface area contributed by atoms with Gasteiger partial charge in [0.2, 0.25) is 0 Å². The van der Waals surface area contributed by atoms with Crippen molar-refractivity contribution in [2.75, 3.05) is 0 Å². The van der Waals surface area contributed by atoms with E-state index >= 15 is 0 Å². The van der Waals surface area contributed by atoms with E-state index in [1.54, 1.807) is 0 Å². The molecule has 106 valence electrons. The third kappa shape index (κ3) is 4.43. The maximum absolute atomic E-state index is 13.3. The lowest BCUT2D eigenvalue weighted by Gasteiger charge is -2.12. The molecule has 0 aromatic heterocycles. The van der Waals surface area contributed by atoms with E-state index in [9.17, 15) is 9.50 Å². The van der Waals surface area contributed by atoms with Crippen LogP contribution in [0.1, 0.15) is 23.1 Å². The maximum Gasteiger partial charge on any atom is 0.124 e. The van der Waals surface area contributed by atoms with Gasteiger partial charge in [-0.2, -0.15) is 0 Å². The molecule has 1 nitrogen and oxygen atoms in total. The van der Waals surface area contributed by atoms with Crippen LogP contribution in [0.15, 0.2) is 46.9 Å². The SMILES string of the molecule is Cc1ccccc1CCC(O)Cc1cc(F)cc(Br)c1. The van der Waals surface area contributed by atoms with Crippen LogP contribution < -0.4 is 0 Å². The van der Waals surface area contributed by atoms with Gasteiger partial charge in [0.05, 0.1) is 6.10 Å². The molecule has 0 bridgehead atoms. The molecule has 0 saturated heterocycles. The second kappa shape index (κ2) is 7.00. The maximum atomic E-state index is 13.3. The standard InChI is InChI=1S/C17H18BrFO/c1-12-4-2-3-5-14(12)6-7-17(20)10-13-8-15(18)11-16(19)9-13/h2-5,8-9,11,17,20H,6-7,10H2,1H3. The van der Waals surface area contributed by atoms with Crippen LogP contribution in [0.25, 0.3) is 0 Å². The Morgan fingerprint density at radius 1 is 1.20 bits per heavy atom. The largest absolute Gasteiger partial charge is 0.393 e. The van der Waals surface area contributed by atoms with Crippen molar-refractivity contribution in [2.45, 2.75) is 32.3 Å². The molecule has 3 heteroatoms. The first kappa shape index (κ1) is 15.2. The Labute approximate surface area is 127 Å². The highest BCUT2D eigenvalue weighted by Crippen LogP contribution is 2.18. The van der Waals surface area contributed by atoms with Crippen molar-refractivity contribution in [3.05, 3.63) is 69.4 Å². The second-order valence-electron chi connectivity index (χ2n) is 5.10. The van der Waals surface area contributed by atoms with E-state index in [0.29, 0.717) is 17.3 Å². The Balaban J connectivity index is 1.92. The topological polar surface area (TPSA) is 20.2 Å². The second-order valence-corrected chi connectivity index (χ2v) is 6.02. The van der Waals surface area contributed by atoms with Crippen molar-refractivity contribution in [2.24, 2.45) is 0 Å². The lowest BCUT2D eigenvalue weighted by atomic mass is 9.99. The van der Waals surface area contributed by atoms with E-state index in [1.165, 1.54) is 23.3 Å². The summed E-state index contributed by atoms with van der Waals surface area (Å²) in [5, 5.41) is 10.1. The zero-order valence-electron chi connectivity index (χ0n) is 11.4. The molecule has 0 radical (unpaired) electrons. The van der Waals surface area contributed by atoms with Crippen LogP contribution in [-0.2, 0) is 12.8 Å². The summed E-state index contributed by atoms with van der Waals surface area (Å²) in [6.07, 6.45) is 1.54. The van der Waals surface area contributed by atoms with Crippen LogP contribution in [0, 0.1) is 12.7 Å². The Hall–Kier alpha value is -1.19. The lowest BCUT2D eigenvalue weighted by molar-refractivity contribution is 0.165. The summed E-state index contributed by atoms with van der Waals surface area (Å²) in [6, 6.07) is 12.9. The van der Waals surface area contributed by atoms with Crippen molar-refractivity contribution in [1.82, 2.24) is 0 Å². The third-order valence-corrected chi connectivity index (χ3v) is 3.86. The fourth-order valence-corrected chi connectivity index (χ4v) is 2.83. The van der Waals surface area contributed by atoms with E-state index in [1.807, 2.05) is 18.2 Å². The average Bonchev–Trinajstić information content (AvgIpc) is 2.36. The summed E-state index contributed by atoms with van der Waals surface area (Å²) in [5.74, 6) is -0.277. The van der Waals surface area contributed by atoms with Gasteiger partial charge in [0.15, 0.2) is 0 Å². The summed E-state index contributed by atoms with van der Waals surface area (Å²) in [7, 11) is 0. The number of aliphatic hydroxyl groups is 1. The molecule has 0 spiro atoms.